The summed E-state index contributed by atoms with van der Waals surface area (Å²) >= 11 is 0. The van der Waals surface area contributed by atoms with Gasteiger partial charge in [-0.2, -0.15) is 0 Å². The van der Waals surface area contributed by atoms with Gasteiger partial charge in [0.25, 0.3) is 0 Å². The van der Waals surface area contributed by atoms with Crippen LogP contribution in [-0.4, -0.2) is 52.0 Å². The van der Waals surface area contributed by atoms with Gasteiger partial charge in [0.05, 0.1) is 30.3 Å². The maximum Gasteiger partial charge on any atom is 0.210 e. The number of carbonyl (C=O) groups excluding carboxylic acids is 2. The predicted molar refractivity (Wildman–Crippen MR) is 111 cm³/mol. The zero-order chi connectivity index (χ0) is 19.7. The van der Waals surface area contributed by atoms with E-state index in [2.05, 4.69) is 16.3 Å². The molecule has 0 radical (unpaired) electrons. The zero-order valence-corrected chi connectivity index (χ0v) is 16.1. The molecule has 2 aliphatic rings. The molecule has 1 heterocycles. The largest absolute Gasteiger partial charge is 0.378 e. The Bertz CT molecular complexity index is 959. The van der Waals surface area contributed by atoms with Crippen molar-refractivity contribution >= 4 is 28.6 Å². The van der Waals surface area contributed by atoms with Crippen LogP contribution in [0, 0.1) is 0 Å². The van der Waals surface area contributed by atoms with Gasteiger partial charge in [0.15, 0.2) is 5.78 Å². The van der Waals surface area contributed by atoms with Crippen LogP contribution in [0.3, 0.4) is 0 Å². The second-order valence-corrected chi connectivity index (χ2v) is 7.12. The lowest BCUT2D eigenvalue weighted by Gasteiger charge is -2.32. The van der Waals surface area contributed by atoms with Gasteiger partial charge in [-0.25, -0.2) is 0 Å². The second kappa shape index (κ2) is 7.48. The van der Waals surface area contributed by atoms with E-state index in [0.29, 0.717) is 30.0 Å². The van der Waals surface area contributed by atoms with Crippen LogP contribution in [0.5, 0.6) is 0 Å². The van der Waals surface area contributed by atoms with Crippen molar-refractivity contribution in [2.75, 3.05) is 55.5 Å². The molecule has 0 saturated carbocycles. The molecular formula is C22H23N3O3. The number of allylic oxidation sites excluding steroid dienone is 2. The summed E-state index contributed by atoms with van der Waals surface area (Å²) in [4.78, 5) is 29.6. The number of nitrogens with one attached hydrogen (secondary N) is 1. The fourth-order valence-electron chi connectivity index (χ4n) is 3.52. The van der Waals surface area contributed by atoms with E-state index < -0.39 is 0 Å². The highest BCUT2D eigenvalue weighted by atomic mass is 16.5. The topological polar surface area (TPSA) is 61.9 Å². The summed E-state index contributed by atoms with van der Waals surface area (Å²) in [5.41, 5.74) is 4.06. The van der Waals surface area contributed by atoms with Gasteiger partial charge in [0.2, 0.25) is 5.78 Å². The highest BCUT2D eigenvalue weighted by molar-refractivity contribution is 6.25. The molecule has 1 fully saturated rings. The van der Waals surface area contributed by atoms with Gasteiger partial charge >= 0.3 is 0 Å². The summed E-state index contributed by atoms with van der Waals surface area (Å²) in [6.45, 7) is 2.89. The maximum atomic E-state index is 12.9. The van der Waals surface area contributed by atoms with Gasteiger partial charge in [-0.05, 0) is 18.2 Å². The van der Waals surface area contributed by atoms with Crippen LogP contribution in [0.4, 0.5) is 17.1 Å². The lowest BCUT2D eigenvalue weighted by atomic mass is 9.92. The van der Waals surface area contributed by atoms with Gasteiger partial charge < -0.3 is 19.9 Å². The summed E-state index contributed by atoms with van der Waals surface area (Å²) < 4.78 is 5.48. The minimum absolute atomic E-state index is 0.157. The molecule has 6 heteroatoms. The number of nitrogens with zero attached hydrogens (tertiary/aromatic N) is 2. The molecule has 6 nitrogen and oxygen atoms in total. The van der Waals surface area contributed by atoms with Crippen LogP contribution in [0.15, 0.2) is 54.2 Å². The highest BCUT2D eigenvalue weighted by Gasteiger charge is 2.26. The zero-order valence-electron chi connectivity index (χ0n) is 16.1. The third-order valence-corrected chi connectivity index (χ3v) is 5.08. The first-order valence-electron chi connectivity index (χ1n) is 9.35. The first-order valence-corrected chi connectivity index (χ1v) is 9.35. The molecule has 28 heavy (non-hydrogen) atoms. The van der Waals surface area contributed by atoms with Crippen molar-refractivity contribution in [2.45, 2.75) is 0 Å². The molecule has 0 amide bonds. The van der Waals surface area contributed by atoms with Crippen LogP contribution in [0.1, 0.15) is 20.7 Å². The van der Waals surface area contributed by atoms with Crippen molar-refractivity contribution in [1.29, 1.82) is 0 Å². The van der Waals surface area contributed by atoms with E-state index in [-0.39, 0.29) is 11.6 Å². The summed E-state index contributed by atoms with van der Waals surface area (Å²) in [7, 11) is 3.99. The van der Waals surface area contributed by atoms with E-state index in [1.165, 1.54) is 6.08 Å². The molecule has 0 bridgehead atoms. The van der Waals surface area contributed by atoms with E-state index in [0.717, 1.165) is 30.2 Å². The van der Waals surface area contributed by atoms with Crippen LogP contribution in [-0.2, 0) is 4.74 Å². The molecule has 4 rings (SSSR count). The van der Waals surface area contributed by atoms with E-state index in [4.69, 9.17) is 4.74 Å². The Morgan fingerprint density at radius 2 is 1.71 bits per heavy atom. The Hall–Kier alpha value is -3.12. The minimum atomic E-state index is -0.167. The van der Waals surface area contributed by atoms with Gasteiger partial charge in [-0.15, -0.1) is 0 Å². The normalized spacial score (nSPS) is 16.5. The monoisotopic (exact) mass is 377 g/mol. The summed E-state index contributed by atoms with van der Waals surface area (Å²) in [5, 5.41) is 3.22. The Kier molecular flexibility index (Phi) is 4.88. The number of anilines is 3. The molecule has 0 aromatic heterocycles. The average molecular weight is 377 g/mol. The van der Waals surface area contributed by atoms with E-state index in [1.54, 1.807) is 24.3 Å². The van der Waals surface area contributed by atoms with Gasteiger partial charge in [0.1, 0.15) is 0 Å². The molecule has 2 aromatic carbocycles. The van der Waals surface area contributed by atoms with Crippen LogP contribution in [0.2, 0.25) is 0 Å². The quantitative estimate of drug-likeness (QED) is 0.884. The van der Waals surface area contributed by atoms with E-state index in [1.807, 2.05) is 31.1 Å². The second-order valence-electron chi connectivity index (χ2n) is 7.12. The lowest BCUT2D eigenvalue weighted by Crippen LogP contribution is -2.36. The molecule has 144 valence electrons. The number of hydrogen-bond donors (Lipinski definition) is 1. The fraction of sp³-hybridized carbons (Fsp3) is 0.273. The number of fused-ring (bicyclic) bond motifs is 1. The molecule has 0 spiro atoms. The lowest BCUT2D eigenvalue weighted by molar-refractivity contribution is 0.0985. The number of ketones is 2. The summed E-state index contributed by atoms with van der Waals surface area (Å²) in [6.07, 6.45) is 1.40. The number of morpholine rings is 1. The first kappa shape index (κ1) is 18.3. The van der Waals surface area contributed by atoms with Gasteiger partial charge in [-0.3, -0.25) is 9.59 Å². The molecule has 1 saturated heterocycles. The number of rotatable bonds is 4. The molecule has 0 unspecified atom stereocenters. The Labute approximate surface area is 164 Å². The van der Waals surface area contributed by atoms with Crippen molar-refractivity contribution < 1.29 is 14.3 Å². The number of Topliss-reactive ketones (excluding diaryl/α,β-unsaturated/α-hetero) is 1. The SMILES string of the molecule is CN(C)c1ccc(NC2=CC(=O)c3ccccc3C2=O)c(N2CCOCC2)c1. The average Bonchev–Trinajstić information content (AvgIpc) is 2.72. The maximum absolute atomic E-state index is 12.9. The van der Waals surface area contributed by atoms with Gasteiger partial charge in [-0.1, -0.05) is 24.3 Å². The molecule has 1 aliphatic heterocycles. The Morgan fingerprint density at radius 3 is 2.43 bits per heavy atom. The summed E-state index contributed by atoms with van der Waals surface area (Å²) in [6, 6.07) is 13.0. The smallest absolute Gasteiger partial charge is 0.210 e. The summed E-state index contributed by atoms with van der Waals surface area (Å²) in [5.74, 6) is -0.324. The fourth-order valence-corrected chi connectivity index (χ4v) is 3.52. The standard InChI is InChI=1S/C22H23N3O3/c1-24(2)15-7-8-18(20(13-15)25-9-11-28-12-10-25)23-19-14-21(26)16-5-3-4-6-17(16)22(19)27/h3-8,13-14,23H,9-12H2,1-2H3. The number of hydrogen-bond acceptors (Lipinski definition) is 6. The van der Waals surface area contributed by atoms with Gasteiger partial charge in [0, 0.05) is 50.1 Å². The van der Waals surface area contributed by atoms with Crippen LogP contribution >= 0.6 is 0 Å². The van der Waals surface area contributed by atoms with Crippen molar-refractivity contribution in [2.24, 2.45) is 0 Å². The molecular weight excluding hydrogens is 354 g/mol. The van der Waals surface area contributed by atoms with Crippen molar-refractivity contribution in [3.8, 4) is 0 Å². The van der Waals surface area contributed by atoms with Crippen molar-refractivity contribution in [3.05, 3.63) is 65.4 Å². The van der Waals surface area contributed by atoms with Crippen molar-refractivity contribution in [1.82, 2.24) is 0 Å². The predicted octanol–water partition coefficient (Wildman–Crippen LogP) is 2.96. The molecule has 0 atom stereocenters. The Balaban J connectivity index is 1.69. The van der Waals surface area contributed by atoms with E-state index >= 15 is 0 Å². The molecule has 1 N–H and O–H groups in total. The van der Waals surface area contributed by atoms with Crippen LogP contribution < -0.4 is 15.1 Å². The number of benzene rings is 2. The molecule has 1 aliphatic carbocycles. The molecule has 2 aromatic rings. The highest BCUT2D eigenvalue weighted by Crippen LogP contribution is 2.33. The first-order chi connectivity index (χ1) is 13.5. The third-order valence-electron chi connectivity index (χ3n) is 5.08. The van der Waals surface area contributed by atoms with Crippen molar-refractivity contribution in [3.63, 3.8) is 0 Å². The Morgan fingerprint density at radius 1 is 1.00 bits per heavy atom. The van der Waals surface area contributed by atoms with Crippen LogP contribution in [0.25, 0.3) is 0 Å². The van der Waals surface area contributed by atoms with E-state index in [9.17, 15) is 9.59 Å². The number of carbonyl (C=O) groups is 2. The minimum Gasteiger partial charge on any atom is -0.378 e. The number of ether oxygens (including phenoxy) is 1. The third kappa shape index (κ3) is 3.39.